The number of piperazine rings is 1. The van der Waals surface area contributed by atoms with Crippen molar-refractivity contribution in [1.82, 2.24) is 14.8 Å². The number of amides is 2. The van der Waals surface area contributed by atoms with Crippen LogP contribution in [0.3, 0.4) is 0 Å². The third kappa shape index (κ3) is 4.21. The number of hydrogen-bond donors (Lipinski definition) is 1. The lowest BCUT2D eigenvalue weighted by Gasteiger charge is -2.38. The Bertz CT molecular complexity index is 1180. The van der Waals surface area contributed by atoms with Gasteiger partial charge >= 0.3 is 6.09 Å². The van der Waals surface area contributed by atoms with E-state index in [0.29, 0.717) is 35.7 Å². The van der Waals surface area contributed by atoms with Crippen LogP contribution in [0.15, 0.2) is 48.5 Å². The van der Waals surface area contributed by atoms with E-state index in [2.05, 4.69) is 0 Å². The van der Waals surface area contributed by atoms with Crippen LogP contribution in [0.2, 0.25) is 5.02 Å². The zero-order valence-corrected chi connectivity index (χ0v) is 19.0. The van der Waals surface area contributed by atoms with Crippen LogP contribution < -0.4 is 4.90 Å². The van der Waals surface area contributed by atoms with Crippen molar-refractivity contribution in [2.24, 2.45) is 0 Å². The molecule has 8 heteroatoms. The van der Waals surface area contributed by atoms with Crippen LogP contribution in [0.25, 0.3) is 22.2 Å². The highest BCUT2D eigenvalue weighted by Crippen LogP contribution is 2.30. The summed E-state index contributed by atoms with van der Waals surface area (Å²) in [6.07, 6.45) is -0.959. The molecule has 1 aliphatic rings. The maximum absolute atomic E-state index is 13.2. The zero-order valence-electron chi connectivity index (χ0n) is 18.2. The number of pyridine rings is 1. The predicted molar refractivity (Wildman–Crippen MR) is 127 cm³/mol. The van der Waals surface area contributed by atoms with Gasteiger partial charge in [-0.2, -0.15) is 0 Å². The van der Waals surface area contributed by atoms with E-state index in [1.807, 2.05) is 62.3 Å². The van der Waals surface area contributed by atoms with Crippen LogP contribution in [0.4, 0.5) is 10.5 Å². The molecule has 0 aliphatic carbocycles. The molecule has 0 bridgehead atoms. The quantitative estimate of drug-likeness (QED) is 0.635. The number of nitrogens with zero attached hydrogens (tertiary/aromatic N) is 4. The van der Waals surface area contributed by atoms with Gasteiger partial charge in [-0.05, 0) is 37.3 Å². The Morgan fingerprint density at radius 2 is 1.81 bits per heavy atom. The Morgan fingerprint density at radius 1 is 1.09 bits per heavy atom. The number of carbonyl (C=O) groups excluding carboxylic acids is 1. The van der Waals surface area contributed by atoms with E-state index >= 15 is 0 Å². The second kappa shape index (κ2) is 8.67. The number of anilines is 1. The molecule has 0 radical (unpaired) electrons. The van der Waals surface area contributed by atoms with Gasteiger partial charge in [-0.1, -0.05) is 29.8 Å². The van der Waals surface area contributed by atoms with Gasteiger partial charge in [0.25, 0.3) is 5.91 Å². The molecule has 7 nitrogen and oxygen atoms in total. The van der Waals surface area contributed by atoms with Crippen molar-refractivity contribution in [2.45, 2.75) is 13.0 Å². The highest BCUT2D eigenvalue weighted by molar-refractivity contribution is 6.35. The first kappa shape index (κ1) is 21.9. The number of aromatic nitrogens is 1. The molecule has 0 spiro atoms. The molecule has 0 saturated carbocycles. The molecule has 166 valence electrons. The highest BCUT2D eigenvalue weighted by atomic mass is 35.5. The number of rotatable bonds is 3. The first-order valence-electron chi connectivity index (χ1n) is 10.4. The molecular weight excluding hydrogens is 428 g/mol. The third-order valence-electron chi connectivity index (χ3n) is 5.84. The number of carbonyl (C=O) groups is 2. The molecule has 1 saturated heterocycles. The van der Waals surface area contributed by atoms with Gasteiger partial charge in [-0.15, -0.1) is 0 Å². The van der Waals surface area contributed by atoms with Crippen molar-refractivity contribution in [3.05, 3.63) is 59.1 Å². The molecule has 1 atom stereocenters. The van der Waals surface area contributed by atoms with Crippen LogP contribution in [-0.4, -0.2) is 71.7 Å². The van der Waals surface area contributed by atoms with E-state index in [-0.39, 0.29) is 11.9 Å². The van der Waals surface area contributed by atoms with Gasteiger partial charge < -0.3 is 19.8 Å². The Morgan fingerprint density at radius 3 is 2.44 bits per heavy atom. The lowest BCUT2D eigenvalue weighted by molar-refractivity contribution is 0.0484. The summed E-state index contributed by atoms with van der Waals surface area (Å²) in [5, 5.41) is 10.6. The van der Waals surface area contributed by atoms with Crippen molar-refractivity contribution in [3.63, 3.8) is 0 Å². The second-order valence-corrected chi connectivity index (χ2v) is 8.65. The number of halogens is 1. The molecule has 1 aliphatic heterocycles. The molecule has 2 amide bonds. The van der Waals surface area contributed by atoms with E-state index in [0.717, 1.165) is 22.3 Å². The second-order valence-electron chi connectivity index (χ2n) is 8.24. The number of benzene rings is 2. The topological polar surface area (TPSA) is 77.0 Å². The summed E-state index contributed by atoms with van der Waals surface area (Å²) in [4.78, 5) is 34.2. The van der Waals surface area contributed by atoms with E-state index in [4.69, 9.17) is 16.6 Å². The highest BCUT2D eigenvalue weighted by Gasteiger charge is 2.30. The van der Waals surface area contributed by atoms with Gasteiger partial charge in [0, 0.05) is 62.0 Å². The Hall–Kier alpha value is -3.32. The summed E-state index contributed by atoms with van der Waals surface area (Å²) in [5.74, 6) is -0.136. The molecule has 3 aromatic rings. The molecule has 4 rings (SSSR count). The summed E-state index contributed by atoms with van der Waals surface area (Å²) in [6.45, 7) is 2.82. The molecule has 2 aromatic carbocycles. The third-order valence-corrected chi connectivity index (χ3v) is 6.16. The predicted octanol–water partition coefficient (Wildman–Crippen LogP) is 4.45. The van der Waals surface area contributed by atoms with Crippen molar-refractivity contribution in [2.75, 3.05) is 38.6 Å². The normalized spacial score (nSPS) is 16.3. The molecule has 2 heterocycles. The Kier molecular flexibility index (Phi) is 5.93. The van der Waals surface area contributed by atoms with E-state index < -0.39 is 6.09 Å². The summed E-state index contributed by atoms with van der Waals surface area (Å²) in [5.41, 5.74) is 3.92. The number of carboxylic acid groups (broad SMARTS) is 1. The monoisotopic (exact) mass is 452 g/mol. The lowest BCUT2D eigenvalue weighted by atomic mass is 10.1. The summed E-state index contributed by atoms with van der Waals surface area (Å²) in [6, 6.07) is 15.0. The minimum atomic E-state index is -0.959. The molecule has 1 fully saturated rings. The molecule has 1 aromatic heterocycles. The summed E-state index contributed by atoms with van der Waals surface area (Å²) < 4.78 is 0. The van der Waals surface area contributed by atoms with Gasteiger partial charge in [-0.25, -0.2) is 9.78 Å². The SMILES string of the molecule is CC1CN(C(=O)O)CCN1C(=O)c1ccc2c(Cl)cc(-c3ccc(N(C)C)cc3)nc2c1. The first-order chi connectivity index (χ1) is 15.2. The fraction of sp³-hybridized carbons (Fsp3) is 0.292. The lowest BCUT2D eigenvalue weighted by Crippen LogP contribution is -2.55. The minimum absolute atomic E-state index is 0.136. The first-order valence-corrected chi connectivity index (χ1v) is 10.8. The van der Waals surface area contributed by atoms with Crippen LogP contribution in [0, 0.1) is 0 Å². The fourth-order valence-corrected chi connectivity index (χ4v) is 4.26. The largest absolute Gasteiger partial charge is 0.465 e. The van der Waals surface area contributed by atoms with Crippen molar-refractivity contribution in [3.8, 4) is 11.3 Å². The summed E-state index contributed by atoms with van der Waals surface area (Å²) in [7, 11) is 3.97. The van der Waals surface area contributed by atoms with Crippen LogP contribution >= 0.6 is 11.6 Å². The van der Waals surface area contributed by atoms with E-state index in [9.17, 15) is 14.7 Å². The number of hydrogen-bond acceptors (Lipinski definition) is 4. The average Bonchev–Trinajstić information content (AvgIpc) is 2.78. The zero-order chi connectivity index (χ0) is 23.0. The molecule has 1 N–H and O–H groups in total. The van der Waals surface area contributed by atoms with Crippen LogP contribution in [0.1, 0.15) is 17.3 Å². The van der Waals surface area contributed by atoms with Gasteiger partial charge in [-0.3, -0.25) is 4.79 Å². The average molecular weight is 453 g/mol. The van der Waals surface area contributed by atoms with Crippen LogP contribution in [0.5, 0.6) is 0 Å². The van der Waals surface area contributed by atoms with Crippen molar-refractivity contribution >= 4 is 40.2 Å². The Balaban J connectivity index is 1.64. The number of fused-ring (bicyclic) bond motifs is 1. The standard InChI is InChI=1S/C24H25ClN4O3/c1-15-14-28(24(31)32)10-11-29(15)23(30)17-6-9-19-20(25)13-21(26-22(19)12-17)16-4-7-18(8-5-16)27(2)3/h4-9,12-13,15H,10-11,14H2,1-3H3,(H,31,32). The molecule has 32 heavy (non-hydrogen) atoms. The van der Waals surface area contributed by atoms with Gasteiger partial charge in [0.05, 0.1) is 16.2 Å². The Labute approximate surface area is 191 Å². The van der Waals surface area contributed by atoms with Crippen LogP contribution in [-0.2, 0) is 0 Å². The fourth-order valence-electron chi connectivity index (χ4n) is 4.00. The maximum Gasteiger partial charge on any atom is 0.407 e. The van der Waals surface area contributed by atoms with Gasteiger partial charge in [0.15, 0.2) is 0 Å². The van der Waals surface area contributed by atoms with E-state index in [1.54, 1.807) is 17.0 Å². The maximum atomic E-state index is 13.2. The van der Waals surface area contributed by atoms with Gasteiger partial charge in [0.2, 0.25) is 0 Å². The van der Waals surface area contributed by atoms with E-state index in [1.165, 1.54) is 4.90 Å². The minimum Gasteiger partial charge on any atom is -0.465 e. The summed E-state index contributed by atoms with van der Waals surface area (Å²) >= 11 is 6.54. The van der Waals surface area contributed by atoms with Crippen molar-refractivity contribution in [1.29, 1.82) is 0 Å². The molecule has 1 unspecified atom stereocenters. The molecular formula is C24H25ClN4O3. The van der Waals surface area contributed by atoms with Crippen molar-refractivity contribution < 1.29 is 14.7 Å². The van der Waals surface area contributed by atoms with Gasteiger partial charge in [0.1, 0.15) is 0 Å². The smallest absolute Gasteiger partial charge is 0.407 e.